The lowest BCUT2D eigenvalue weighted by Gasteiger charge is -2.50. The summed E-state index contributed by atoms with van der Waals surface area (Å²) in [6, 6.07) is 6.29. The molecule has 0 spiro atoms. The quantitative estimate of drug-likeness (QED) is 0.454. The molecule has 2 aliphatic heterocycles. The maximum Gasteiger partial charge on any atom is 0.409 e. The molecular weight excluding hydrogens is 534 g/mol. The number of rotatable bonds is 5. The standard InChI is InChI=1S/C30H36F2N4O5/c1-18-7-8-36-23(14-20-15-35(9-10-41-20)28(38)39-6)26(33-24(36)11-18)25-21(31)12-19(13-22(25)32)30(16-40-17-30)34(5)27(37)29(2,3)4/h7-8,11-13,20H,9-10,14-17H2,1-6H3/t20-/m0/s1. The molecule has 1 aromatic carbocycles. The second kappa shape index (κ2) is 10.7. The number of amides is 2. The second-order valence-electron chi connectivity index (χ2n) is 11.9. The molecule has 11 heteroatoms. The van der Waals surface area contributed by atoms with E-state index in [1.165, 1.54) is 24.1 Å². The minimum absolute atomic E-state index is 0.137. The van der Waals surface area contributed by atoms with Crippen molar-refractivity contribution >= 4 is 17.6 Å². The molecule has 0 aliphatic carbocycles. The first kappa shape index (κ1) is 28.9. The van der Waals surface area contributed by atoms with Gasteiger partial charge < -0.3 is 28.4 Å². The highest BCUT2D eigenvalue weighted by Crippen LogP contribution is 2.41. The van der Waals surface area contributed by atoms with Gasteiger partial charge in [-0.05, 0) is 42.3 Å². The predicted octanol–water partition coefficient (Wildman–Crippen LogP) is 4.33. The lowest BCUT2D eigenvalue weighted by atomic mass is 9.82. The van der Waals surface area contributed by atoms with E-state index in [1.807, 2.05) is 25.3 Å². The normalized spacial score (nSPS) is 18.7. The highest BCUT2D eigenvalue weighted by atomic mass is 19.1. The average Bonchev–Trinajstić information content (AvgIpc) is 3.22. The fourth-order valence-electron chi connectivity index (χ4n) is 5.56. The molecule has 2 fully saturated rings. The van der Waals surface area contributed by atoms with Gasteiger partial charge in [0, 0.05) is 31.6 Å². The van der Waals surface area contributed by atoms with Gasteiger partial charge in [-0.25, -0.2) is 18.6 Å². The maximum atomic E-state index is 16.0. The lowest BCUT2D eigenvalue weighted by molar-refractivity contribution is -0.173. The molecule has 2 amide bonds. The molecule has 4 heterocycles. The van der Waals surface area contributed by atoms with Gasteiger partial charge in [-0.15, -0.1) is 0 Å². The fraction of sp³-hybridized carbons (Fsp3) is 0.500. The largest absolute Gasteiger partial charge is 0.453 e. The number of nitrogens with zero attached hydrogens (tertiary/aromatic N) is 4. The number of likely N-dealkylation sites (N-methyl/N-ethyl adjacent to an activating group) is 1. The summed E-state index contributed by atoms with van der Waals surface area (Å²) in [5, 5.41) is 0. The zero-order chi connectivity index (χ0) is 29.7. The van der Waals surface area contributed by atoms with Crippen LogP contribution in [0.4, 0.5) is 13.6 Å². The van der Waals surface area contributed by atoms with E-state index >= 15 is 8.78 Å². The van der Waals surface area contributed by atoms with Gasteiger partial charge in [0.2, 0.25) is 5.91 Å². The number of morpholine rings is 1. The number of benzene rings is 1. The first-order valence-electron chi connectivity index (χ1n) is 13.6. The molecule has 5 rings (SSSR count). The number of pyridine rings is 1. The van der Waals surface area contributed by atoms with Crippen LogP contribution in [0.5, 0.6) is 0 Å². The van der Waals surface area contributed by atoms with Crippen LogP contribution in [0.3, 0.4) is 0 Å². The first-order chi connectivity index (χ1) is 19.4. The topological polar surface area (TPSA) is 85.6 Å². The van der Waals surface area contributed by atoms with E-state index in [9.17, 15) is 9.59 Å². The number of aryl methyl sites for hydroxylation is 1. The Hall–Kier alpha value is -3.57. The number of methoxy groups -OCH3 is 1. The third-order valence-electron chi connectivity index (χ3n) is 7.96. The summed E-state index contributed by atoms with van der Waals surface area (Å²) in [6.07, 6.45) is 1.19. The van der Waals surface area contributed by atoms with Gasteiger partial charge in [-0.3, -0.25) is 4.79 Å². The van der Waals surface area contributed by atoms with E-state index < -0.39 is 34.8 Å². The molecule has 2 aliphatic rings. The number of imidazole rings is 1. The van der Waals surface area contributed by atoms with Crippen molar-refractivity contribution in [3.05, 3.63) is 58.9 Å². The van der Waals surface area contributed by atoms with Gasteiger partial charge in [0.1, 0.15) is 22.8 Å². The number of ether oxygens (including phenoxy) is 3. The predicted molar refractivity (Wildman–Crippen MR) is 147 cm³/mol. The fourth-order valence-corrected chi connectivity index (χ4v) is 5.56. The van der Waals surface area contributed by atoms with Crippen LogP contribution in [0.25, 0.3) is 16.9 Å². The summed E-state index contributed by atoms with van der Waals surface area (Å²) >= 11 is 0. The number of carbonyl (C=O) groups is 2. The van der Waals surface area contributed by atoms with Gasteiger partial charge >= 0.3 is 6.09 Å². The molecule has 0 radical (unpaired) electrons. The Kier molecular flexibility index (Phi) is 7.54. The Morgan fingerprint density at radius 1 is 1.20 bits per heavy atom. The average molecular weight is 571 g/mol. The number of hydrogen-bond donors (Lipinski definition) is 0. The Morgan fingerprint density at radius 3 is 2.46 bits per heavy atom. The van der Waals surface area contributed by atoms with Crippen molar-refractivity contribution in [2.45, 2.75) is 45.8 Å². The Balaban J connectivity index is 1.56. The van der Waals surface area contributed by atoms with Crippen molar-refractivity contribution in [1.82, 2.24) is 19.2 Å². The molecule has 1 atom stereocenters. The molecule has 0 unspecified atom stereocenters. The Bertz CT molecular complexity index is 1470. The molecule has 220 valence electrons. The molecule has 2 saturated heterocycles. The third-order valence-corrected chi connectivity index (χ3v) is 7.96. The monoisotopic (exact) mass is 570 g/mol. The number of carbonyl (C=O) groups excluding carboxylic acids is 2. The molecule has 9 nitrogen and oxygen atoms in total. The Labute approximate surface area is 238 Å². The minimum Gasteiger partial charge on any atom is -0.453 e. The van der Waals surface area contributed by atoms with E-state index in [-0.39, 0.29) is 43.3 Å². The van der Waals surface area contributed by atoms with Crippen LogP contribution < -0.4 is 0 Å². The smallest absolute Gasteiger partial charge is 0.409 e. The highest BCUT2D eigenvalue weighted by Gasteiger charge is 2.49. The van der Waals surface area contributed by atoms with E-state index in [1.54, 1.807) is 37.1 Å². The van der Waals surface area contributed by atoms with E-state index in [0.29, 0.717) is 30.1 Å². The maximum absolute atomic E-state index is 16.0. The van der Waals surface area contributed by atoms with Crippen LogP contribution >= 0.6 is 0 Å². The summed E-state index contributed by atoms with van der Waals surface area (Å²) in [4.78, 5) is 33.0. The van der Waals surface area contributed by atoms with Crippen molar-refractivity contribution in [2.75, 3.05) is 47.1 Å². The van der Waals surface area contributed by atoms with E-state index in [0.717, 1.165) is 5.56 Å². The molecule has 2 aromatic heterocycles. The number of hydrogen-bond acceptors (Lipinski definition) is 6. The molecule has 0 N–H and O–H groups in total. The van der Waals surface area contributed by atoms with Crippen molar-refractivity contribution in [3.8, 4) is 11.3 Å². The Morgan fingerprint density at radius 2 is 1.88 bits per heavy atom. The van der Waals surface area contributed by atoms with Crippen LogP contribution in [-0.2, 0) is 31.0 Å². The summed E-state index contributed by atoms with van der Waals surface area (Å²) in [5.74, 6) is -1.73. The zero-order valence-corrected chi connectivity index (χ0v) is 24.3. The van der Waals surface area contributed by atoms with Gasteiger partial charge in [0.25, 0.3) is 0 Å². The highest BCUT2D eigenvalue weighted by molar-refractivity contribution is 5.82. The van der Waals surface area contributed by atoms with Crippen LogP contribution in [0.1, 0.15) is 37.6 Å². The second-order valence-corrected chi connectivity index (χ2v) is 11.9. The molecule has 3 aromatic rings. The zero-order valence-electron chi connectivity index (χ0n) is 24.3. The summed E-state index contributed by atoms with van der Waals surface area (Å²) < 4.78 is 50.1. The van der Waals surface area contributed by atoms with Gasteiger partial charge in [0.15, 0.2) is 0 Å². The van der Waals surface area contributed by atoms with Crippen LogP contribution in [-0.4, -0.2) is 84.4 Å². The minimum atomic E-state index is -0.975. The lowest BCUT2D eigenvalue weighted by Crippen LogP contribution is -2.61. The third kappa shape index (κ3) is 5.17. The van der Waals surface area contributed by atoms with Crippen molar-refractivity contribution in [2.24, 2.45) is 5.41 Å². The van der Waals surface area contributed by atoms with E-state index in [2.05, 4.69) is 4.98 Å². The van der Waals surface area contributed by atoms with Crippen LogP contribution in [0, 0.1) is 24.0 Å². The van der Waals surface area contributed by atoms with Crippen LogP contribution in [0.2, 0.25) is 0 Å². The summed E-state index contributed by atoms with van der Waals surface area (Å²) in [6.45, 7) is 8.57. The number of aromatic nitrogens is 2. The molecule has 0 saturated carbocycles. The van der Waals surface area contributed by atoms with Crippen LogP contribution in [0.15, 0.2) is 30.5 Å². The number of fused-ring (bicyclic) bond motifs is 1. The van der Waals surface area contributed by atoms with Crippen molar-refractivity contribution in [3.63, 3.8) is 0 Å². The SMILES string of the molecule is COC(=O)N1CCO[C@@H](Cc2c(-c3c(F)cc(C4(N(C)C(=O)C(C)(C)C)COC4)cc3F)nc3cc(C)ccn23)C1. The van der Waals surface area contributed by atoms with Gasteiger partial charge in [0.05, 0.1) is 56.5 Å². The van der Waals surface area contributed by atoms with Gasteiger partial charge in [-0.2, -0.15) is 0 Å². The van der Waals surface area contributed by atoms with Crippen molar-refractivity contribution in [1.29, 1.82) is 0 Å². The first-order valence-corrected chi connectivity index (χ1v) is 13.6. The van der Waals surface area contributed by atoms with Gasteiger partial charge in [-0.1, -0.05) is 20.8 Å². The summed E-state index contributed by atoms with van der Waals surface area (Å²) in [5.41, 5.74) is 0.621. The van der Waals surface area contributed by atoms with Crippen molar-refractivity contribution < 1.29 is 32.6 Å². The molecule has 41 heavy (non-hydrogen) atoms. The molecular formula is C30H36F2N4O5. The summed E-state index contributed by atoms with van der Waals surface area (Å²) in [7, 11) is 2.97. The number of halogens is 2. The molecule has 0 bridgehead atoms. The van der Waals surface area contributed by atoms with E-state index in [4.69, 9.17) is 14.2 Å².